The van der Waals surface area contributed by atoms with E-state index in [4.69, 9.17) is 0 Å². The van der Waals surface area contributed by atoms with Crippen LogP contribution in [-0.4, -0.2) is 17.5 Å². The SMILES string of the molecule is C=CC(C(C)C)N(CC)C(=C)C(C)C. The van der Waals surface area contributed by atoms with Crippen LogP contribution in [-0.2, 0) is 0 Å². The number of rotatable bonds is 6. The quantitative estimate of drug-likeness (QED) is 0.584. The van der Waals surface area contributed by atoms with Gasteiger partial charge in [0.25, 0.3) is 0 Å². The highest BCUT2D eigenvalue weighted by atomic mass is 15.2. The van der Waals surface area contributed by atoms with Gasteiger partial charge in [-0.3, -0.25) is 0 Å². The van der Waals surface area contributed by atoms with Gasteiger partial charge in [-0.2, -0.15) is 0 Å². The fourth-order valence-corrected chi connectivity index (χ4v) is 1.70. The van der Waals surface area contributed by atoms with Gasteiger partial charge in [-0.15, -0.1) is 6.58 Å². The van der Waals surface area contributed by atoms with Gasteiger partial charge in [0, 0.05) is 18.3 Å². The summed E-state index contributed by atoms with van der Waals surface area (Å²) in [4.78, 5) is 2.35. The zero-order chi connectivity index (χ0) is 11.3. The molecule has 1 nitrogen and oxygen atoms in total. The standard InChI is InChI=1S/C13H25N/c1-8-13(11(5)6)14(9-2)12(7)10(3)4/h8,10-11,13H,1,7,9H2,2-6H3. The lowest BCUT2D eigenvalue weighted by molar-refractivity contribution is 0.234. The van der Waals surface area contributed by atoms with Crippen molar-refractivity contribution in [1.82, 2.24) is 4.90 Å². The Morgan fingerprint density at radius 1 is 1.29 bits per heavy atom. The predicted molar refractivity (Wildman–Crippen MR) is 65.2 cm³/mol. The topological polar surface area (TPSA) is 3.24 Å². The van der Waals surface area contributed by atoms with Crippen LogP contribution in [0.15, 0.2) is 24.9 Å². The zero-order valence-corrected chi connectivity index (χ0v) is 10.4. The maximum absolute atomic E-state index is 4.15. The van der Waals surface area contributed by atoms with Crippen molar-refractivity contribution in [2.75, 3.05) is 6.54 Å². The predicted octanol–water partition coefficient (Wildman–Crippen LogP) is 3.69. The molecule has 0 aliphatic carbocycles. The van der Waals surface area contributed by atoms with Gasteiger partial charge in [0.2, 0.25) is 0 Å². The smallest absolute Gasteiger partial charge is 0.0490 e. The van der Waals surface area contributed by atoms with Gasteiger partial charge < -0.3 is 4.90 Å². The molecule has 1 unspecified atom stereocenters. The summed E-state index contributed by atoms with van der Waals surface area (Å²) in [6, 6.07) is 0.412. The lowest BCUT2D eigenvalue weighted by Gasteiger charge is -2.36. The van der Waals surface area contributed by atoms with Crippen molar-refractivity contribution in [2.45, 2.75) is 40.7 Å². The normalized spacial score (nSPS) is 13.1. The Kier molecular flexibility index (Phi) is 5.59. The molecule has 0 bridgehead atoms. The molecule has 0 heterocycles. The fraction of sp³-hybridized carbons (Fsp3) is 0.692. The lowest BCUT2D eigenvalue weighted by Crippen LogP contribution is -2.37. The van der Waals surface area contributed by atoms with E-state index < -0.39 is 0 Å². The average Bonchev–Trinajstić information content (AvgIpc) is 2.11. The van der Waals surface area contributed by atoms with Gasteiger partial charge in [0.15, 0.2) is 0 Å². The van der Waals surface area contributed by atoms with Gasteiger partial charge in [-0.05, 0) is 18.8 Å². The summed E-state index contributed by atoms with van der Waals surface area (Å²) < 4.78 is 0. The molecule has 0 aliphatic rings. The van der Waals surface area contributed by atoms with Crippen molar-refractivity contribution in [1.29, 1.82) is 0 Å². The maximum atomic E-state index is 4.15. The van der Waals surface area contributed by atoms with Gasteiger partial charge >= 0.3 is 0 Å². The number of hydrogen-bond acceptors (Lipinski definition) is 1. The van der Waals surface area contributed by atoms with Crippen LogP contribution in [0.5, 0.6) is 0 Å². The molecule has 0 amide bonds. The minimum Gasteiger partial charge on any atom is -0.369 e. The third-order valence-corrected chi connectivity index (χ3v) is 2.66. The number of nitrogens with zero attached hydrogens (tertiary/aromatic N) is 1. The molecule has 14 heavy (non-hydrogen) atoms. The minimum absolute atomic E-state index is 0.412. The van der Waals surface area contributed by atoms with E-state index in [0.29, 0.717) is 17.9 Å². The molecule has 0 aliphatic heterocycles. The van der Waals surface area contributed by atoms with E-state index >= 15 is 0 Å². The number of hydrogen-bond donors (Lipinski definition) is 0. The third kappa shape index (κ3) is 3.21. The molecular weight excluding hydrogens is 170 g/mol. The first-order chi connectivity index (χ1) is 6.45. The molecule has 0 spiro atoms. The number of likely N-dealkylation sites (N-methyl/N-ethyl adjacent to an activating group) is 1. The van der Waals surface area contributed by atoms with Crippen LogP contribution in [0.3, 0.4) is 0 Å². The van der Waals surface area contributed by atoms with Crippen molar-refractivity contribution < 1.29 is 0 Å². The molecule has 1 atom stereocenters. The van der Waals surface area contributed by atoms with Crippen molar-refractivity contribution in [3.8, 4) is 0 Å². The molecule has 0 fully saturated rings. The molecule has 0 saturated carbocycles. The van der Waals surface area contributed by atoms with Crippen LogP contribution < -0.4 is 0 Å². The highest BCUT2D eigenvalue weighted by molar-refractivity contribution is 5.04. The van der Waals surface area contributed by atoms with E-state index in [0.717, 1.165) is 6.54 Å². The van der Waals surface area contributed by atoms with Crippen molar-refractivity contribution >= 4 is 0 Å². The Hall–Kier alpha value is -0.720. The van der Waals surface area contributed by atoms with E-state index in [1.165, 1.54) is 5.70 Å². The van der Waals surface area contributed by atoms with Crippen LogP contribution in [0.1, 0.15) is 34.6 Å². The molecule has 0 aromatic heterocycles. The summed E-state index contributed by atoms with van der Waals surface area (Å²) in [6.45, 7) is 20.1. The lowest BCUT2D eigenvalue weighted by atomic mass is 10.00. The van der Waals surface area contributed by atoms with E-state index in [1.807, 2.05) is 6.08 Å². The first-order valence-corrected chi connectivity index (χ1v) is 5.53. The van der Waals surface area contributed by atoms with Crippen molar-refractivity contribution in [2.24, 2.45) is 11.8 Å². The van der Waals surface area contributed by atoms with Crippen LogP contribution in [0.4, 0.5) is 0 Å². The highest BCUT2D eigenvalue weighted by Gasteiger charge is 2.19. The van der Waals surface area contributed by atoms with Gasteiger partial charge in [-0.1, -0.05) is 40.3 Å². The Morgan fingerprint density at radius 3 is 2.00 bits per heavy atom. The van der Waals surface area contributed by atoms with Gasteiger partial charge in [0.05, 0.1) is 0 Å². The Labute approximate surface area is 89.5 Å². The maximum Gasteiger partial charge on any atom is 0.0490 e. The third-order valence-electron chi connectivity index (χ3n) is 2.66. The van der Waals surface area contributed by atoms with Crippen LogP contribution in [0.2, 0.25) is 0 Å². The van der Waals surface area contributed by atoms with Gasteiger partial charge in [-0.25, -0.2) is 0 Å². The van der Waals surface area contributed by atoms with E-state index in [1.54, 1.807) is 0 Å². The summed E-state index contributed by atoms with van der Waals surface area (Å²) in [6.07, 6.45) is 2.03. The summed E-state index contributed by atoms with van der Waals surface area (Å²) in [5.74, 6) is 1.10. The molecule has 0 aromatic rings. The Morgan fingerprint density at radius 2 is 1.79 bits per heavy atom. The summed E-state index contributed by atoms with van der Waals surface area (Å²) in [5, 5.41) is 0. The highest BCUT2D eigenvalue weighted by Crippen LogP contribution is 2.21. The Balaban J connectivity index is 4.68. The molecule has 1 heteroatoms. The molecule has 0 N–H and O–H groups in total. The summed E-state index contributed by atoms with van der Waals surface area (Å²) in [5.41, 5.74) is 1.21. The molecule has 0 aromatic carbocycles. The molecule has 0 saturated heterocycles. The number of allylic oxidation sites excluding steroid dienone is 1. The van der Waals surface area contributed by atoms with Crippen LogP contribution in [0, 0.1) is 11.8 Å². The summed E-state index contributed by atoms with van der Waals surface area (Å²) in [7, 11) is 0. The molecule has 82 valence electrons. The second-order valence-electron chi connectivity index (χ2n) is 4.40. The zero-order valence-electron chi connectivity index (χ0n) is 10.4. The second-order valence-corrected chi connectivity index (χ2v) is 4.40. The minimum atomic E-state index is 0.412. The van der Waals surface area contributed by atoms with Crippen molar-refractivity contribution in [3.05, 3.63) is 24.9 Å². The summed E-state index contributed by atoms with van der Waals surface area (Å²) >= 11 is 0. The fourth-order valence-electron chi connectivity index (χ4n) is 1.70. The second kappa shape index (κ2) is 5.90. The van der Waals surface area contributed by atoms with Crippen LogP contribution >= 0.6 is 0 Å². The van der Waals surface area contributed by atoms with E-state index in [9.17, 15) is 0 Å². The monoisotopic (exact) mass is 195 g/mol. The average molecular weight is 195 g/mol. The van der Waals surface area contributed by atoms with Crippen molar-refractivity contribution in [3.63, 3.8) is 0 Å². The van der Waals surface area contributed by atoms with E-state index in [-0.39, 0.29) is 0 Å². The molecule has 0 rings (SSSR count). The molecule has 0 radical (unpaired) electrons. The largest absolute Gasteiger partial charge is 0.369 e. The first-order valence-electron chi connectivity index (χ1n) is 5.53. The van der Waals surface area contributed by atoms with Crippen LogP contribution in [0.25, 0.3) is 0 Å². The first kappa shape index (κ1) is 13.3. The molecular formula is C13H25N. The Bertz CT molecular complexity index is 191. The van der Waals surface area contributed by atoms with Gasteiger partial charge in [0.1, 0.15) is 0 Å². The van der Waals surface area contributed by atoms with E-state index in [2.05, 4.69) is 52.7 Å².